The van der Waals surface area contributed by atoms with Crippen molar-refractivity contribution in [2.24, 2.45) is 0 Å². The molecule has 0 saturated carbocycles. The molecule has 0 fully saturated rings. The Morgan fingerprint density at radius 2 is 1.60 bits per heavy atom. The third-order valence-corrected chi connectivity index (χ3v) is 4.85. The molecule has 0 aliphatic heterocycles. The third kappa shape index (κ3) is 2.16. The summed E-state index contributed by atoms with van der Waals surface area (Å²) < 4.78 is 1.16. The molecule has 0 unspecified atom stereocenters. The van der Waals surface area contributed by atoms with E-state index in [0.717, 1.165) is 26.1 Å². The van der Waals surface area contributed by atoms with Crippen LogP contribution >= 0.6 is 11.3 Å². The lowest BCUT2D eigenvalue weighted by Gasteiger charge is -2.07. The average Bonchev–Trinajstić information content (AvgIpc) is 2.86. The van der Waals surface area contributed by atoms with E-state index in [1.54, 1.807) is 11.3 Å². The summed E-state index contributed by atoms with van der Waals surface area (Å²) in [4.78, 5) is 13.5. The van der Waals surface area contributed by atoms with Gasteiger partial charge in [-0.3, -0.25) is 4.79 Å². The van der Waals surface area contributed by atoms with Gasteiger partial charge in [0.05, 0.1) is 4.88 Å². The summed E-state index contributed by atoms with van der Waals surface area (Å²) in [6, 6.07) is 14.2. The molecular weight excluding hydrogens is 264 g/mol. The predicted octanol–water partition coefficient (Wildman–Crippen LogP) is 5.06. The van der Waals surface area contributed by atoms with Gasteiger partial charge in [-0.1, -0.05) is 24.3 Å². The fourth-order valence-corrected chi connectivity index (χ4v) is 3.45. The first kappa shape index (κ1) is 13.1. The first-order chi connectivity index (χ1) is 9.56. The van der Waals surface area contributed by atoms with E-state index in [1.807, 2.05) is 31.2 Å². The van der Waals surface area contributed by atoms with Crippen LogP contribution in [0.25, 0.3) is 10.1 Å². The normalized spacial score (nSPS) is 10.9. The SMILES string of the molecule is Cc1cc(C)c(C(=O)c2cc3ccccc3s2)cc1C. The fraction of sp³-hybridized carbons (Fsp3) is 0.167. The van der Waals surface area contributed by atoms with Crippen LogP contribution in [0.2, 0.25) is 0 Å². The molecule has 2 heteroatoms. The van der Waals surface area contributed by atoms with Gasteiger partial charge in [-0.15, -0.1) is 11.3 Å². The van der Waals surface area contributed by atoms with Crippen LogP contribution in [0.15, 0.2) is 42.5 Å². The smallest absolute Gasteiger partial charge is 0.203 e. The maximum Gasteiger partial charge on any atom is 0.203 e. The molecule has 3 rings (SSSR count). The zero-order valence-corrected chi connectivity index (χ0v) is 12.7. The molecular formula is C18H16OS. The zero-order chi connectivity index (χ0) is 14.3. The van der Waals surface area contributed by atoms with Crippen molar-refractivity contribution in [1.29, 1.82) is 0 Å². The Morgan fingerprint density at radius 1 is 0.900 bits per heavy atom. The molecule has 1 nitrogen and oxygen atoms in total. The van der Waals surface area contributed by atoms with E-state index in [4.69, 9.17) is 0 Å². The molecule has 100 valence electrons. The van der Waals surface area contributed by atoms with Gasteiger partial charge < -0.3 is 0 Å². The van der Waals surface area contributed by atoms with Crippen molar-refractivity contribution < 1.29 is 4.79 Å². The molecule has 20 heavy (non-hydrogen) atoms. The largest absolute Gasteiger partial charge is 0.288 e. The second-order valence-corrected chi connectivity index (χ2v) is 6.31. The highest BCUT2D eigenvalue weighted by molar-refractivity contribution is 7.21. The van der Waals surface area contributed by atoms with Crippen LogP contribution in [0, 0.1) is 20.8 Å². The van der Waals surface area contributed by atoms with Crippen molar-refractivity contribution >= 4 is 27.2 Å². The van der Waals surface area contributed by atoms with Gasteiger partial charge >= 0.3 is 0 Å². The van der Waals surface area contributed by atoms with Crippen molar-refractivity contribution in [1.82, 2.24) is 0 Å². The Morgan fingerprint density at radius 3 is 2.35 bits per heavy atom. The van der Waals surface area contributed by atoms with Crippen LogP contribution in [-0.4, -0.2) is 5.78 Å². The minimum Gasteiger partial charge on any atom is -0.288 e. The third-order valence-electron chi connectivity index (χ3n) is 3.73. The molecule has 0 spiro atoms. The molecule has 2 aromatic carbocycles. The lowest BCUT2D eigenvalue weighted by atomic mass is 9.97. The number of fused-ring (bicyclic) bond motifs is 1. The number of hydrogen-bond acceptors (Lipinski definition) is 2. The number of aryl methyl sites for hydroxylation is 3. The number of benzene rings is 2. The van der Waals surface area contributed by atoms with Crippen LogP contribution in [0.5, 0.6) is 0 Å². The van der Waals surface area contributed by atoms with Gasteiger partial charge in [-0.2, -0.15) is 0 Å². The van der Waals surface area contributed by atoms with Crippen LogP contribution in [0.1, 0.15) is 31.9 Å². The Balaban J connectivity index is 2.10. The van der Waals surface area contributed by atoms with Gasteiger partial charge in [-0.05, 0) is 61.0 Å². The van der Waals surface area contributed by atoms with Gasteiger partial charge in [0.1, 0.15) is 0 Å². The van der Waals surface area contributed by atoms with Crippen molar-refractivity contribution in [2.75, 3.05) is 0 Å². The Labute approximate surface area is 122 Å². The van der Waals surface area contributed by atoms with Crippen molar-refractivity contribution in [3.63, 3.8) is 0 Å². The number of carbonyl (C=O) groups excluding carboxylic acids is 1. The first-order valence-corrected chi connectivity index (χ1v) is 7.49. The molecule has 0 amide bonds. The van der Waals surface area contributed by atoms with E-state index in [1.165, 1.54) is 11.1 Å². The van der Waals surface area contributed by atoms with Gasteiger partial charge in [0.15, 0.2) is 0 Å². The lowest BCUT2D eigenvalue weighted by Crippen LogP contribution is -2.03. The van der Waals surface area contributed by atoms with E-state index in [9.17, 15) is 4.79 Å². The van der Waals surface area contributed by atoms with Crippen LogP contribution < -0.4 is 0 Å². The number of hydrogen-bond donors (Lipinski definition) is 0. The molecule has 0 radical (unpaired) electrons. The molecule has 0 N–H and O–H groups in total. The van der Waals surface area contributed by atoms with Crippen LogP contribution in [0.4, 0.5) is 0 Å². The molecule has 0 atom stereocenters. The van der Waals surface area contributed by atoms with Crippen molar-refractivity contribution in [3.8, 4) is 0 Å². The lowest BCUT2D eigenvalue weighted by molar-refractivity contribution is 0.104. The summed E-state index contributed by atoms with van der Waals surface area (Å²) in [7, 11) is 0. The quantitative estimate of drug-likeness (QED) is 0.600. The van der Waals surface area contributed by atoms with Gasteiger partial charge in [0.25, 0.3) is 0 Å². The summed E-state index contributed by atoms with van der Waals surface area (Å²) in [5.41, 5.74) is 4.27. The molecule has 0 bridgehead atoms. The summed E-state index contributed by atoms with van der Waals surface area (Å²) in [5, 5.41) is 1.14. The zero-order valence-electron chi connectivity index (χ0n) is 11.9. The topological polar surface area (TPSA) is 17.1 Å². The van der Waals surface area contributed by atoms with Crippen molar-refractivity contribution in [3.05, 3.63) is 69.6 Å². The van der Waals surface area contributed by atoms with E-state index in [-0.39, 0.29) is 5.78 Å². The Bertz CT molecular complexity index is 778. The highest BCUT2D eigenvalue weighted by Gasteiger charge is 2.15. The number of ketones is 1. The monoisotopic (exact) mass is 280 g/mol. The minimum absolute atomic E-state index is 0.131. The van der Waals surface area contributed by atoms with Crippen LogP contribution in [-0.2, 0) is 0 Å². The average molecular weight is 280 g/mol. The molecule has 1 heterocycles. The molecule has 0 saturated heterocycles. The standard InChI is InChI=1S/C18H16OS/c1-11-8-13(3)15(9-12(11)2)18(19)17-10-14-6-4-5-7-16(14)20-17/h4-10H,1-3H3. The summed E-state index contributed by atoms with van der Waals surface area (Å²) >= 11 is 1.57. The second kappa shape index (κ2) is 4.88. The van der Waals surface area contributed by atoms with Crippen LogP contribution in [0.3, 0.4) is 0 Å². The van der Waals surface area contributed by atoms with Gasteiger partial charge in [0.2, 0.25) is 5.78 Å². The number of carbonyl (C=O) groups is 1. The molecule has 0 aliphatic carbocycles. The maximum absolute atomic E-state index is 12.7. The maximum atomic E-state index is 12.7. The molecule has 3 aromatic rings. The van der Waals surface area contributed by atoms with Gasteiger partial charge in [-0.25, -0.2) is 0 Å². The minimum atomic E-state index is 0.131. The van der Waals surface area contributed by atoms with E-state index >= 15 is 0 Å². The predicted molar refractivity (Wildman–Crippen MR) is 85.9 cm³/mol. The van der Waals surface area contributed by atoms with E-state index in [0.29, 0.717) is 0 Å². The number of thiophene rings is 1. The summed E-state index contributed by atoms with van der Waals surface area (Å²) in [6.45, 7) is 6.14. The first-order valence-electron chi connectivity index (χ1n) is 6.67. The number of rotatable bonds is 2. The van der Waals surface area contributed by atoms with E-state index in [2.05, 4.69) is 32.0 Å². The fourth-order valence-electron chi connectivity index (χ4n) is 2.43. The summed E-state index contributed by atoms with van der Waals surface area (Å²) in [6.07, 6.45) is 0. The highest BCUT2D eigenvalue weighted by atomic mass is 32.1. The molecule has 1 aromatic heterocycles. The van der Waals surface area contributed by atoms with E-state index < -0.39 is 0 Å². The van der Waals surface area contributed by atoms with Crippen molar-refractivity contribution in [2.45, 2.75) is 20.8 Å². The Hall–Kier alpha value is -1.93. The van der Waals surface area contributed by atoms with Gasteiger partial charge in [0, 0.05) is 10.3 Å². The summed E-state index contributed by atoms with van der Waals surface area (Å²) in [5.74, 6) is 0.131. The Kier molecular flexibility index (Phi) is 3.19. The second-order valence-electron chi connectivity index (χ2n) is 5.23. The highest BCUT2D eigenvalue weighted by Crippen LogP contribution is 2.28. The molecule has 0 aliphatic rings.